The smallest absolute Gasteiger partial charge is 0.170 e. The van der Waals surface area contributed by atoms with Gasteiger partial charge >= 0.3 is 0 Å². The van der Waals surface area contributed by atoms with Gasteiger partial charge in [0.1, 0.15) is 0 Å². The number of amidine groups is 1. The zero-order valence-corrected chi connectivity index (χ0v) is 9.44. The number of rotatable bonds is 2. The van der Waals surface area contributed by atoms with Crippen LogP contribution in [0.25, 0.3) is 10.9 Å². The van der Waals surface area contributed by atoms with Gasteiger partial charge in [0.25, 0.3) is 0 Å². The number of oxime groups is 1. The van der Waals surface area contributed by atoms with Gasteiger partial charge in [0.15, 0.2) is 5.84 Å². The number of aromatic nitrogens is 1. The Hall–Kier alpha value is -1.97. The Balaban J connectivity index is 2.68. The molecule has 2 aromatic rings. The molecule has 1 aromatic heterocycles. The molecule has 0 unspecified atom stereocenters. The second-order valence-electron chi connectivity index (χ2n) is 3.79. The second kappa shape index (κ2) is 3.89. The lowest BCUT2D eigenvalue weighted by molar-refractivity contribution is 0.318. The molecule has 0 atom stereocenters. The van der Waals surface area contributed by atoms with Crippen molar-refractivity contribution in [2.75, 3.05) is 0 Å². The Bertz CT molecular complexity index is 555. The summed E-state index contributed by atoms with van der Waals surface area (Å²) in [6.07, 6.45) is 0. The average molecular weight is 217 g/mol. The fourth-order valence-electron chi connectivity index (χ4n) is 2.03. The summed E-state index contributed by atoms with van der Waals surface area (Å²) in [5.74, 6) is 0.142. The number of nitrogens with two attached hydrogens (primary N) is 1. The first-order valence-electron chi connectivity index (χ1n) is 5.25. The van der Waals surface area contributed by atoms with Crippen LogP contribution < -0.4 is 5.73 Å². The topological polar surface area (TPSA) is 63.5 Å². The number of hydrogen-bond donors (Lipinski definition) is 2. The molecule has 3 N–H and O–H groups in total. The van der Waals surface area contributed by atoms with E-state index in [-0.39, 0.29) is 5.84 Å². The maximum absolute atomic E-state index is 8.65. The van der Waals surface area contributed by atoms with Crippen molar-refractivity contribution in [2.24, 2.45) is 10.9 Å². The predicted octanol–water partition coefficient (Wildman–Crippen LogP) is 2.06. The van der Waals surface area contributed by atoms with E-state index in [1.54, 1.807) is 0 Å². The van der Waals surface area contributed by atoms with Crippen molar-refractivity contribution in [3.05, 3.63) is 35.5 Å². The fourth-order valence-corrected chi connectivity index (χ4v) is 2.03. The van der Waals surface area contributed by atoms with Gasteiger partial charge in [0.2, 0.25) is 0 Å². The van der Waals surface area contributed by atoms with Crippen molar-refractivity contribution in [1.82, 2.24) is 4.57 Å². The summed E-state index contributed by atoms with van der Waals surface area (Å²) >= 11 is 0. The van der Waals surface area contributed by atoms with Gasteiger partial charge in [-0.05, 0) is 31.4 Å². The second-order valence-corrected chi connectivity index (χ2v) is 3.79. The molecule has 0 saturated carbocycles. The first kappa shape index (κ1) is 10.5. The van der Waals surface area contributed by atoms with E-state index in [0.717, 1.165) is 17.6 Å². The maximum Gasteiger partial charge on any atom is 0.170 e. The highest BCUT2D eigenvalue weighted by molar-refractivity contribution is 6.00. The number of hydrogen-bond acceptors (Lipinski definition) is 2. The monoisotopic (exact) mass is 217 g/mol. The minimum atomic E-state index is 0.142. The van der Waals surface area contributed by atoms with Gasteiger partial charge in [0.05, 0.1) is 0 Å². The summed E-state index contributed by atoms with van der Waals surface area (Å²) in [7, 11) is 0. The van der Waals surface area contributed by atoms with Crippen molar-refractivity contribution < 1.29 is 5.21 Å². The molecule has 0 spiro atoms. The summed E-state index contributed by atoms with van der Waals surface area (Å²) in [5.41, 5.74) is 8.64. The average Bonchev–Trinajstić information content (AvgIpc) is 2.62. The van der Waals surface area contributed by atoms with Gasteiger partial charge in [-0.1, -0.05) is 17.3 Å². The molecule has 84 valence electrons. The third kappa shape index (κ3) is 1.52. The van der Waals surface area contributed by atoms with Gasteiger partial charge in [-0.25, -0.2) is 0 Å². The van der Waals surface area contributed by atoms with Gasteiger partial charge < -0.3 is 15.5 Å². The molecule has 0 radical (unpaired) electrons. The molecule has 2 rings (SSSR count). The van der Waals surface area contributed by atoms with E-state index in [1.807, 2.05) is 18.2 Å². The molecule has 0 amide bonds. The summed E-state index contributed by atoms with van der Waals surface area (Å²) in [5, 5.41) is 12.8. The number of nitrogens with zero attached hydrogens (tertiary/aromatic N) is 2. The van der Waals surface area contributed by atoms with Crippen LogP contribution in [0.5, 0.6) is 0 Å². The van der Waals surface area contributed by atoms with Gasteiger partial charge in [-0.2, -0.15) is 0 Å². The third-order valence-corrected chi connectivity index (χ3v) is 2.83. The highest BCUT2D eigenvalue weighted by atomic mass is 16.4. The first-order chi connectivity index (χ1) is 7.67. The Kier molecular flexibility index (Phi) is 2.56. The predicted molar refractivity (Wildman–Crippen MR) is 64.9 cm³/mol. The Labute approximate surface area is 94.0 Å². The van der Waals surface area contributed by atoms with Crippen LogP contribution in [0.1, 0.15) is 18.2 Å². The Morgan fingerprint density at radius 2 is 2.19 bits per heavy atom. The van der Waals surface area contributed by atoms with Gasteiger partial charge in [0, 0.05) is 23.3 Å². The van der Waals surface area contributed by atoms with E-state index in [2.05, 4.69) is 29.6 Å². The maximum atomic E-state index is 8.65. The van der Waals surface area contributed by atoms with Crippen LogP contribution in [-0.4, -0.2) is 15.6 Å². The summed E-state index contributed by atoms with van der Waals surface area (Å²) in [6, 6.07) is 7.93. The molecular formula is C12H15N3O. The first-order valence-corrected chi connectivity index (χ1v) is 5.25. The summed E-state index contributed by atoms with van der Waals surface area (Å²) in [6.45, 7) is 5.09. The molecule has 0 aliphatic carbocycles. The van der Waals surface area contributed by atoms with Crippen molar-refractivity contribution in [1.29, 1.82) is 0 Å². The van der Waals surface area contributed by atoms with Crippen LogP contribution in [0.4, 0.5) is 0 Å². The van der Waals surface area contributed by atoms with E-state index in [4.69, 9.17) is 10.9 Å². The van der Waals surface area contributed by atoms with E-state index in [1.165, 1.54) is 11.1 Å². The molecule has 0 saturated heterocycles. The van der Waals surface area contributed by atoms with Crippen molar-refractivity contribution in [2.45, 2.75) is 20.4 Å². The molecule has 4 nitrogen and oxygen atoms in total. The van der Waals surface area contributed by atoms with E-state index in [9.17, 15) is 0 Å². The lowest BCUT2D eigenvalue weighted by Crippen LogP contribution is -2.12. The highest BCUT2D eigenvalue weighted by Crippen LogP contribution is 2.20. The summed E-state index contributed by atoms with van der Waals surface area (Å²) < 4.78 is 2.20. The van der Waals surface area contributed by atoms with Crippen molar-refractivity contribution >= 4 is 16.7 Å². The minimum Gasteiger partial charge on any atom is -0.409 e. The van der Waals surface area contributed by atoms with Crippen LogP contribution in [0.3, 0.4) is 0 Å². The fraction of sp³-hybridized carbons (Fsp3) is 0.250. The zero-order valence-electron chi connectivity index (χ0n) is 9.44. The molecule has 4 heteroatoms. The Morgan fingerprint density at radius 1 is 1.44 bits per heavy atom. The van der Waals surface area contributed by atoms with Gasteiger partial charge in [-0.3, -0.25) is 0 Å². The molecular weight excluding hydrogens is 202 g/mol. The van der Waals surface area contributed by atoms with Crippen LogP contribution in [0, 0.1) is 6.92 Å². The van der Waals surface area contributed by atoms with E-state index < -0.39 is 0 Å². The molecule has 16 heavy (non-hydrogen) atoms. The number of aryl methyl sites for hydroxylation is 2. The van der Waals surface area contributed by atoms with Crippen LogP contribution in [-0.2, 0) is 6.54 Å². The lowest BCUT2D eigenvalue weighted by Gasteiger charge is -2.05. The number of fused-ring (bicyclic) bond motifs is 1. The van der Waals surface area contributed by atoms with Crippen molar-refractivity contribution in [3.63, 3.8) is 0 Å². The van der Waals surface area contributed by atoms with Gasteiger partial charge in [-0.15, -0.1) is 0 Å². The summed E-state index contributed by atoms with van der Waals surface area (Å²) in [4.78, 5) is 0. The quantitative estimate of drug-likeness (QED) is 0.350. The zero-order chi connectivity index (χ0) is 11.7. The van der Waals surface area contributed by atoms with Crippen LogP contribution >= 0.6 is 0 Å². The molecule has 0 bridgehead atoms. The molecule has 1 aromatic carbocycles. The minimum absolute atomic E-state index is 0.142. The van der Waals surface area contributed by atoms with E-state index >= 15 is 0 Å². The number of benzene rings is 1. The Morgan fingerprint density at radius 3 is 2.81 bits per heavy atom. The third-order valence-electron chi connectivity index (χ3n) is 2.83. The lowest BCUT2D eigenvalue weighted by atomic mass is 10.1. The standard InChI is InChI=1S/C12H15N3O/c1-3-15-8(2)6-9-4-5-10(7-11(9)15)12(13)14-16/h4-7,16H,3H2,1-2H3,(H2,13,14). The highest BCUT2D eigenvalue weighted by Gasteiger charge is 2.06. The van der Waals surface area contributed by atoms with Crippen molar-refractivity contribution in [3.8, 4) is 0 Å². The molecule has 0 aliphatic rings. The SMILES string of the molecule is CCn1c(C)cc2ccc(C(N)=NO)cc21. The van der Waals surface area contributed by atoms with Crippen LogP contribution in [0.2, 0.25) is 0 Å². The molecule has 0 fully saturated rings. The van der Waals surface area contributed by atoms with Crippen LogP contribution in [0.15, 0.2) is 29.4 Å². The molecule has 0 aliphatic heterocycles. The normalized spacial score (nSPS) is 12.2. The molecule has 1 heterocycles. The largest absolute Gasteiger partial charge is 0.409 e. The van der Waals surface area contributed by atoms with E-state index in [0.29, 0.717) is 0 Å².